The Bertz CT molecular complexity index is 888. The monoisotopic (exact) mass is 351 g/mol. The molecule has 1 atom stereocenters. The number of hydrogen-bond acceptors (Lipinski definition) is 4. The molecule has 0 unspecified atom stereocenters. The van der Waals surface area contributed by atoms with Crippen LogP contribution in [-0.2, 0) is 11.3 Å². The Morgan fingerprint density at radius 2 is 2.08 bits per heavy atom. The Kier molecular flexibility index (Phi) is 4.97. The summed E-state index contributed by atoms with van der Waals surface area (Å²) in [6.07, 6.45) is 6.93. The molecule has 0 saturated carbocycles. The van der Waals surface area contributed by atoms with Crippen LogP contribution in [0.2, 0.25) is 0 Å². The fourth-order valence-corrected chi connectivity index (χ4v) is 2.83. The maximum absolute atomic E-state index is 12.7. The van der Waals surface area contributed by atoms with Crippen molar-refractivity contribution < 1.29 is 9.59 Å². The van der Waals surface area contributed by atoms with Crippen molar-refractivity contribution in [2.45, 2.75) is 26.4 Å². The molecule has 0 saturated heterocycles. The summed E-state index contributed by atoms with van der Waals surface area (Å²) in [4.78, 5) is 32.7. The normalized spacial score (nSPS) is 12.3. The van der Waals surface area contributed by atoms with Crippen LogP contribution >= 0.6 is 0 Å². The van der Waals surface area contributed by atoms with Crippen LogP contribution in [0, 0.1) is 5.92 Å². The Morgan fingerprint density at radius 3 is 2.73 bits per heavy atom. The summed E-state index contributed by atoms with van der Waals surface area (Å²) in [5.74, 6) is -0.993. The van der Waals surface area contributed by atoms with E-state index in [0.29, 0.717) is 12.1 Å². The van der Waals surface area contributed by atoms with Crippen molar-refractivity contribution in [2.75, 3.05) is 0 Å². The molecule has 1 aromatic heterocycles. The van der Waals surface area contributed by atoms with E-state index in [1.807, 2.05) is 36.6 Å². The molecule has 0 aliphatic carbocycles. The molecule has 3 rings (SSSR count). The molecule has 3 N–H and O–H groups in total. The molecule has 3 heterocycles. The summed E-state index contributed by atoms with van der Waals surface area (Å²) < 4.78 is 1.92. The topological polar surface area (TPSA) is 103 Å². The predicted octanol–water partition coefficient (Wildman–Crippen LogP) is 1.67. The molecule has 134 valence electrons. The summed E-state index contributed by atoms with van der Waals surface area (Å²) in [5.41, 5.74) is 8.45. The molecule has 7 heteroatoms. The third-order valence-electron chi connectivity index (χ3n) is 4.20. The Labute approximate surface area is 151 Å². The van der Waals surface area contributed by atoms with E-state index in [1.165, 1.54) is 0 Å². The highest BCUT2D eigenvalue weighted by Gasteiger charge is 2.23. The molecular weight excluding hydrogens is 330 g/mol. The highest BCUT2D eigenvalue weighted by Crippen LogP contribution is 2.24. The zero-order valence-electron chi connectivity index (χ0n) is 14.7. The van der Waals surface area contributed by atoms with E-state index in [0.717, 1.165) is 17.0 Å². The van der Waals surface area contributed by atoms with Crippen LogP contribution in [0.1, 0.15) is 29.9 Å². The second kappa shape index (κ2) is 7.35. The van der Waals surface area contributed by atoms with Gasteiger partial charge >= 0.3 is 0 Å². The highest BCUT2D eigenvalue weighted by atomic mass is 16.2. The summed E-state index contributed by atoms with van der Waals surface area (Å²) >= 11 is 0. The molecule has 0 radical (unpaired) electrons. The van der Waals surface area contributed by atoms with Crippen LogP contribution in [0.3, 0.4) is 0 Å². The summed E-state index contributed by atoms with van der Waals surface area (Å²) in [6, 6.07) is 6.72. The van der Waals surface area contributed by atoms with E-state index in [2.05, 4.69) is 15.3 Å². The van der Waals surface area contributed by atoms with Crippen molar-refractivity contribution in [3.63, 3.8) is 0 Å². The molecular formula is C19H21N5O2. The second-order valence-electron chi connectivity index (χ2n) is 6.52. The van der Waals surface area contributed by atoms with Gasteiger partial charge < -0.3 is 15.6 Å². The van der Waals surface area contributed by atoms with Crippen molar-refractivity contribution in [2.24, 2.45) is 11.7 Å². The number of hydrogen-bond donors (Lipinski definition) is 2. The largest absolute Gasteiger partial charge is 0.368 e. The first kappa shape index (κ1) is 17.6. The fourth-order valence-electron chi connectivity index (χ4n) is 2.83. The van der Waals surface area contributed by atoms with Gasteiger partial charge in [0.05, 0.1) is 29.7 Å². The first-order valence-electron chi connectivity index (χ1n) is 8.39. The molecule has 2 aliphatic rings. The van der Waals surface area contributed by atoms with Gasteiger partial charge in [-0.3, -0.25) is 19.6 Å². The Morgan fingerprint density at radius 1 is 1.27 bits per heavy atom. The molecule has 2 aliphatic heterocycles. The van der Waals surface area contributed by atoms with E-state index in [1.54, 1.807) is 30.9 Å². The van der Waals surface area contributed by atoms with Gasteiger partial charge in [0.15, 0.2) is 0 Å². The van der Waals surface area contributed by atoms with E-state index < -0.39 is 11.9 Å². The van der Waals surface area contributed by atoms with E-state index in [9.17, 15) is 9.59 Å². The Hall–Kier alpha value is -3.22. The van der Waals surface area contributed by atoms with Gasteiger partial charge in [-0.05, 0) is 24.1 Å². The van der Waals surface area contributed by atoms with Gasteiger partial charge in [0.25, 0.3) is 5.91 Å². The molecule has 26 heavy (non-hydrogen) atoms. The first-order chi connectivity index (χ1) is 12.5. The zero-order valence-corrected chi connectivity index (χ0v) is 14.7. The van der Waals surface area contributed by atoms with E-state index in [4.69, 9.17) is 5.73 Å². The number of primary amides is 1. The lowest BCUT2D eigenvalue weighted by Gasteiger charge is -2.20. The quantitative estimate of drug-likeness (QED) is 0.705. The van der Waals surface area contributed by atoms with Gasteiger partial charge in [0, 0.05) is 24.2 Å². The lowest BCUT2D eigenvalue weighted by molar-refractivity contribution is -0.120. The van der Waals surface area contributed by atoms with Gasteiger partial charge in [-0.2, -0.15) is 0 Å². The molecule has 1 aromatic rings. The third-order valence-corrected chi connectivity index (χ3v) is 4.20. The van der Waals surface area contributed by atoms with Crippen molar-refractivity contribution in [3.05, 3.63) is 60.3 Å². The number of amides is 2. The summed E-state index contributed by atoms with van der Waals surface area (Å²) in [6.45, 7) is 4.18. The number of pyridine rings is 2. The van der Waals surface area contributed by atoms with Gasteiger partial charge in [0.1, 0.15) is 6.04 Å². The minimum absolute atomic E-state index is 0.0959. The number of nitrogens with one attached hydrogen (secondary N) is 1. The average molecular weight is 351 g/mol. The van der Waals surface area contributed by atoms with Crippen molar-refractivity contribution in [1.82, 2.24) is 19.9 Å². The number of nitrogens with two attached hydrogens (primary N) is 1. The maximum Gasteiger partial charge on any atom is 0.253 e. The lowest BCUT2D eigenvalue weighted by atomic mass is 10.0. The first-order valence-corrected chi connectivity index (χ1v) is 8.39. The van der Waals surface area contributed by atoms with Crippen LogP contribution < -0.4 is 11.1 Å². The molecule has 0 fully saturated rings. The lowest BCUT2D eigenvalue weighted by Crippen LogP contribution is -2.47. The number of nitrogens with zero attached hydrogens (tertiary/aromatic N) is 3. The van der Waals surface area contributed by atoms with Gasteiger partial charge in [0.2, 0.25) is 5.91 Å². The van der Waals surface area contributed by atoms with Crippen LogP contribution in [0.15, 0.2) is 49.1 Å². The second-order valence-corrected chi connectivity index (χ2v) is 6.52. The van der Waals surface area contributed by atoms with Gasteiger partial charge in [-0.15, -0.1) is 0 Å². The third kappa shape index (κ3) is 3.72. The standard InChI is InChI=1S/C19H21N5O2/c1-12(2)17(18(20)25)23-19(26)14-7-13-8-21-9-16(13)24(10-14)11-15-5-3-4-6-22-15/h3-10,12,17H,11H2,1-2H3,(H2,20,25)(H,23,26)/t17-/m0/s1. The number of aromatic nitrogens is 3. The summed E-state index contributed by atoms with van der Waals surface area (Å²) in [5, 5.41) is 2.72. The molecule has 0 bridgehead atoms. The van der Waals surface area contributed by atoms with E-state index in [-0.39, 0.29) is 11.8 Å². The fraction of sp³-hybridized carbons (Fsp3) is 0.263. The van der Waals surface area contributed by atoms with Crippen LogP contribution in [0.4, 0.5) is 0 Å². The van der Waals surface area contributed by atoms with Crippen LogP contribution in [0.25, 0.3) is 11.3 Å². The number of carbonyl (C=O) groups excluding carboxylic acids is 2. The van der Waals surface area contributed by atoms with Crippen molar-refractivity contribution >= 4 is 11.8 Å². The number of rotatable bonds is 6. The SMILES string of the molecule is CC(C)[C@H](NC(=O)c1cc2cncc-2n(Cc2ccccn2)c1)C(N)=O. The molecule has 2 amide bonds. The van der Waals surface area contributed by atoms with E-state index >= 15 is 0 Å². The van der Waals surface area contributed by atoms with Crippen molar-refractivity contribution in [3.8, 4) is 11.3 Å². The van der Waals surface area contributed by atoms with Crippen LogP contribution in [0.5, 0.6) is 0 Å². The predicted molar refractivity (Wildman–Crippen MR) is 97.5 cm³/mol. The molecule has 7 nitrogen and oxygen atoms in total. The zero-order chi connectivity index (χ0) is 18.7. The summed E-state index contributed by atoms with van der Waals surface area (Å²) in [7, 11) is 0. The smallest absolute Gasteiger partial charge is 0.253 e. The van der Waals surface area contributed by atoms with Crippen molar-refractivity contribution in [1.29, 1.82) is 0 Å². The van der Waals surface area contributed by atoms with Gasteiger partial charge in [-0.1, -0.05) is 19.9 Å². The van der Waals surface area contributed by atoms with Gasteiger partial charge in [-0.25, -0.2) is 0 Å². The minimum atomic E-state index is -0.722. The highest BCUT2D eigenvalue weighted by molar-refractivity contribution is 5.98. The molecule has 0 aromatic carbocycles. The Balaban J connectivity index is 1.93. The average Bonchev–Trinajstić information content (AvgIpc) is 3.08. The number of fused-ring (bicyclic) bond motifs is 1. The minimum Gasteiger partial charge on any atom is -0.368 e. The number of carbonyl (C=O) groups is 2. The van der Waals surface area contributed by atoms with Crippen LogP contribution in [-0.4, -0.2) is 32.4 Å². The molecule has 0 spiro atoms. The maximum atomic E-state index is 12.7.